The Balaban J connectivity index is 2.00. The smallest absolute Gasteiger partial charge is 0.264 e. The van der Waals surface area contributed by atoms with Crippen LogP contribution >= 0.6 is 0 Å². The van der Waals surface area contributed by atoms with Crippen LogP contribution < -0.4 is 15.0 Å². The Labute approximate surface area is 112 Å². The third-order valence-corrected chi connectivity index (χ3v) is 3.09. The van der Waals surface area contributed by atoms with Crippen molar-refractivity contribution in [1.29, 1.82) is 0 Å². The van der Waals surface area contributed by atoms with Gasteiger partial charge in [0.05, 0.1) is 5.69 Å². The fourth-order valence-corrected chi connectivity index (χ4v) is 1.92. The van der Waals surface area contributed by atoms with Crippen molar-refractivity contribution in [1.82, 2.24) is 5.32 Å². The maximum atomic E-state index is 11.6. The average molecular weight is 262 g/mol. The fraction of sp³-hybridized carbons (Fsp3) is 0.429. The maximum absolute atomic E-state index is 11.6. The minimum Gasteiger partial charge on any atom is -0.482 e. The first-order valence-corrected chi connectivity index (χ1v) is 6.30. The molecule has 102 valence electrons. The normalized spacial score (nSPS) is 14.0. The van der Waals surface area contributed by atoms with Gasteiger partial charge in [-0.3, -0.25) is 9.59 Å². The zero-order chi connectivity index (χ0) is 13.8. The minimum atomic E-state index is -0.0470. The van der Waals surface area contributed by atoms with E-state index in [-0.39, 0.29) is 18.3 Å². The summed E-state index contributed by atoms with van der Waals surface area (Å²) >= 11 is 0. The molecule has 0 bridgehead atoms. The Morgan fingerprint density at radius 3 is 3.00 bits per heavy atom. The lowest BCUT2D eigenvalue weighted by atomic mass is 10.1. The molecule has 1 aliphatic heterocycles. The van der Waals surface area contributed by atoms with Crippen LogP contribution in [0.3, 0.4) is 0 Å². The summed E-state index contributed by atoms with van der Waals surface area (Å²) in [4.78, 5) is 24.0. The van der Waals surface area contributed by atoms with E-state index in [4.69, 9.17) is 4.74 Å². The molecule has 0 atom stereocenters. The Kier molecular flexibility index (Phi) is 4.16. The van der Waals surface area contributed by atoms with Gasteiger partial charge in [-0.1, -0.05) is 6.07 Å². The van der Waals surface area contributed by atoms with Crippen molar-refractivity contribution < 1.29 is 14.3 Å². The molecule has 0 saturated carbocycles. The summed E-state index contributed by atoms with van der Waals surface area (Å²) in [5.41, 5.74) is 1.86. The Hall–Kier alpha value is -1.88. The van der Waals surface area contributed by atoms with Gasteiger partial charge in [-0.2, -0.15) is 0 Å². The first-order valence-electron chi connectivity index (χ1n) is 6.30. The van der Waals surface area contributed by atoms with E-state index in [9.17, 15) is 9.59 Å². The molecule has 1 amide bonds. The minimum absolute atomic E-state index is 0.0470. The van der Waals surface area contributed by atoms with Crippen molar-refractivity contribution in [2.24, 2.45) is 0 Å². The lowest BCUT2D eigenvalue weighted by molar-refractivity contribution is -0.121. The fourth-order valence-electron chi connectivity index (χ4n) is 1.92. The number of anilines is 1. The predicted octanol–water partition coefficient (Wildman–Crippen LogP) is 1.11. The molecule has 0 radical (unpaired) electrons. The molecule has 5 nitrogen and oxygen atoms in total. The van der Waals surface area contributed by atoms with Crippen molar-refractivity contribution in [3.63, 3.8) is 0 Å². The van der Waals surface area contributed by atoms with Crippen LogP contribution in [0.15, 0.2) is 18.2 Å². The molecular formula is C14H18N2O3. The van der Waals surface area contributed by atoms with E-state index in [1.165, 1.54) is 0 Å². The molecule has 0 aliphatic carbocycles. The molecule has 0 fully saturated rings. The van der Waals surface area contributed by atoms with Crippen LogP contribution in [-0.2, 0) is 16.1 Å². The second kappa shape index (κ2) is 5.84. The predicted molar refractivity (Wildman–Crippen MR) is 72.4 cm³/mol. The number of ketones is 1. The first-order chi connectivity index (χ1) is 9.08. The number of nitrogens with one attached hydrogen (secondary N) is 1. The lowest BCUT2D eigenvalue weighted by Crippen LogP contribution is -2.35. The second-order valence-corrected chi connectivity index (χ2v) is 4.67. The van der Waals surface area contributed by atoms with E-state index in [0.29, 0.717) is 19.5 Å². The van der Waals surface area contributed by atoms with Gasteiger partial charge in [-0.05, 0) is 24.6 Å². The number of fused-ring (bicyclic) bond motifs is 1. The van der Waals surface area contributed by atoms with E-state index in [0.717, 1.165) is 17.0 Å². The van der Waals surface area contributed by atoms with Crippen LogP contribution in [0.2, 0.25) is 0 Å². The van der Waals surface area contributed by atoms with Gasteiger partial charge in [0, 0.05) is 26.6 Å². The third-order valence-electron chi connectivity index (χ3n) is 3.09. The summed E-state index contributed by atoms with van der Waals surface area (Å²) in [6, 6.07) is 5.77. The summed E-state index contributed by atoms with van der Waals surface area (Å²) < 4.78 is 5.36. The van der Waals surface area contributed by atoms with Gasteiger partial charge < -0.3 is 15.0 Å². The van der Waals surface area contributed by atoms with Gasteiger partial charge in [-0.15, -0.1) is 0 Å². The average Bonchev–Trinajstić information content (AvgIpc) is 2.39. The molecule has 1 aromatic rings. The maximum Gasteiger partial charge on any atom is 0.264 e. The molecule has 1 N–H and O–H groups in total. The molecule has 2 rings (SSSR count). The van der Waals surface area contributed by atoms with Gasteiger partial charge in [-0.25, -0.2) is 0 Å². The number of hydrogen-bond donors (Lipinski definition) is 1. The zero-order valence-electron chi connectivity index (χ0n) is 11.2. The zero-order valence-corrected chi connectivity index (χ0v) is 11.2. The molecule has 0 aromatic heterocycles. The number of rotatable bonds is 5. The number of carbonyl (C=O) groups excluding carboxylic acids is 2. The third kappa shape index (κ3) is 3.32. The summed E-state index contributed by atoms with van der Waals surface area (Å²) in [7, 11) is 1.75. The van der Waals surface area contributed by atoms with Gasteiger partial charge in [0.1, 0.15) is 11.5 Å². The van der Waals surface area contributed by atoms with Crippen LogP contribution in [-0.4, -0.2) is 31.9 Å². The van der Waals surface area contributed by atoms with Gasteiger partial charge in [0.15, 0.2) is 6.61 Å². The van der Waals surface area contributed by atoms with Crippen LogP contribution in [0, 0.1) is 0 Å². The van der Waals surface area contributed by atoms with Crippen molar-refractivity contribution in [3.05, 3.63) is 23.8 Å². The highest BCUT2D eigenvalue weighted by Gasteiger charge is 2.22. The molecule has 1 aliphatic rings. The molecule has 0 spiro atoms. The summed E-state index contributed by atoms with van der Waals surface area (Å²) in [5, 5.41) is 3.20. The lowest BCUT2D eigenvalue weighted by Gasteiger charge is -2.26. The van der Waals surface area contributed by atoms with Crippen LogP contribution in [0.25, 0.3) is 0 Å². The Morgan fingerprint density at radius 2 is 2.26 bits per heavy atom. The molecule has 5 heteroatoms. The first kappa shape index (κ1) is 13.5. The van der Waals surface area contributed by atoms with Crippen molar-refractivity contribution >= 4 is 17.4 Å². The Morgan fingerprint density at radius 1 is 1.47 bits per heavy atom. The van der Waals surface area contributed by atoms with E-state index in [2.05, 4.69) is 5.32 Å². The van der Waals surface area contributed by atoms with Gasteiger partial charge in [0.2, 0.25) is 0 Å². The van der Waals surface area contributed by atoms with Crippen molar-refractivity contribution in [3.8, 4) is 5.75 Å². The molecule has 19 heavy (non-hydrogen) atoms. The molecule has 0 unspecified atom stereocenters. The van der Waals surface area contributed by atoms with Crippen molar-refractivity contribution in [2.45, 2.75) is 19.9 Å². The number of nitrogens with zero attached hydrogens (tertiary/aromatic N) is 1. The van der Waals surface area contributed by atoms with Crippen molar-refractivity contribution in [2.75, 3.05) is 25.1 Å². The van der Waals surface area contributed by atoms with E-state index in [1.807, 2.05) is 18.2 Å². The van der Waals surface area contributed by atoms with Gasteiger partial charge in [0.25, 0.3) is 5.91 Å². The van der Waals surface area contributed by atoms with Crippen LogP contribution in [0.5, 0.6) is 5.75 Å². The van der Waals surface area contributed by atoms with E-state index >= 15 is 0 Å². The number of hydrogen-bond acceptors (Lipinski definition) is 4. The second-order valence-electron chi connectivity index (χ2n) is 4.67. The van der Waals surface area contributed by atoms with E-state index < -0.39 is 0 Å². The number of amides is 1. The monoisotopic (exact) mass is 262 g/mol. The highest BCUT2D eigenvalue weighted by molar-refractivity contribution is 5.97. The number of Topliss-reactive ketones (excluding diaryl/α,β-unsaturated/α-hetero) is 1. The molecule has 1 heterocycles. The number of carbonyl (C=O) groups is 2. The summed E-state index contributed by atoms with van der Waals surface area (Å²) in [6.07, 6.45) is 0.534. The number of benzene rings is 1. The highest BCUT2D eigenvalue weighted by Crippen LogP contribution is 2.31. The molecular weight excluding hydrogens is 244 g/mol. The standard InChI is InChI=1S/C14H18N2O3/c1-10(17)5-6-15-8-11-3-4-13-12(7-11)16(2)14(18)9-19-13/h3-4,7,15H,5-6,8-9H2,1-2H3. The Bertz CT molecular complexity index is 499. The SMILES string of the molecule is CC(=O)CCNCc1ccc2c(c1)N(C)C(=O)CO2. The molecule has 0 saturated heterocycles. The summed E-state index contributed by atoms with van der Waals surface area (Å²) in [5.74, 6) is 0.862. The van der Waals surface area contributed by atoms with Crippen LogP contribution in [0.1, 0.15) is 18.9 Å². The topological polar surface area (TPSA) is 58.6 Å². The van der Waals surface area contributed by atoms with Gasteiger partial charge >= 0.3 is 0 Å². The number of likely N-dealkylation sites (N-methyl/N-ethyl adjacent to an activating group) is 1. The highest BCUT2D eigenvalue weighted by atomic mass is 16.5. The summed E-state index contributed by atoms with van der Waals surface area (Å²) in [6.45, 7) is 3.01. The molecule has 1 aromatic carbocycles. The largest absolute Gasteiger partial charge is 0.482 e. The van der Waals surface area contributed by atoms with E-state index in [1.54, 1.807) is 18.9 Å². The number of ether oxygens (including phenoxy) is 1. The quantitative estimate of drug-likeness (QED) is 0.808. The van der Waals surface area contributed by atoms with Crippen LogP contribution in [0.4, 0.5) is 5.69 Å².